The summed E-state index contributed by atoms with van der Waals surface area (Å²) in [5.41, 5.74) is 5.21. The van der Waals surface area contributed by atoms with Crippen LogP contribution in [0, 0.1) is 5.92 Å². The van der Waals surface area contributed by atoms with Crippen LogP contribution >= 0.6 is 0 Å². The molecule has 2 aromatic rings. The van der Waals surface area contributed by atoms with Crippen LogP contribution in [0.1, 0.15) is 18.7 Å². The van der Waals surface area contributed by atoms with Crippen molar-refractivity contribution in [3.63, 3.8) is 0 Å². The van der Waals surface area contributed by atoms with Crippen LogP contribution in [-0.2, 0) is 16.1 Å². The first-order chi connectivity index (χ1) is 11.6. The lowest BCUT2D eigenvalue weighted by atomic mass is 9.97. The molecule has 3 N–H and O–H groups in total. The molecule has 0 bridgehead atoms. The lowest BCUT2D eigenvalue weighted by Gasteiger charge is -2.30. The number of likely N-dealkylation sites (tertiary alicyclic amines) is 1. The number of nitrogens with one attached hydrogen (secondary N) is 1. The number of hydrogen-bond acceptors (Lipinski definition) is 7. The first-order valence-corrected chi connectivity index (χ1v) is 7.76. The van der Waals surface area contributed by atoms with Crippen LogP contribution in [-0.4, -0.2) is 46.5 Å². The third kappa shape index (κ3) is 3.99. The van der Waals surface area contributed by atoms with Crippen molar-refractivity contribution >= 4 is 11.8 Å². The summed E-state index contributed by atoms with van der Waals surface area (Å²) in [5.74, 6) is 0.486. The van der Waals surface area contributed by atoms with E-state index in [1.165, 1.54) is 6.26 Å². The molecule has 128 valence electrons. The molecule has 3 rings (SSSR count). The van der Waals surface area contributed by atoms with E-state index in [-0.39, 0.29) is 36.7 Å². The topological polar surface area (TPSA) is 127 Å². The third-order valence-corrected chi connectivity index (χ3v) is 3.88. The van der Waals surface area contributed by atoms with Crippen molar-refractivity contribution < 1.29 is 18.5 Å². The Kier molecular flexibility index (Phi) is 4.90. The first-order valence-electron chi connectivity index (χ1n) is 7.76. The van der Waals surface area contributed by atoms with Crippen LogP contribution in [0.25, 0.3) is 11.7 Å². The van der Waals surface area contributed by atoms with Crippen molar-refractivity contribution in [3.05, 3.63) is 24.2 Å². The van der Waals surface area contributed by atoms with E-state index >= 15 is 0 Å². The highest BCUT2D eigenvalue weighted by atomic mass is 16.5. The number of rotatable bonds is 6. The lowest BCUT2D eigenvalue weighted by Crippen LogP contribution is -2.45. The number of nitrogens with zero attached hydrogens (tertiary/aromatic N) is 3. The van der Waals surface area contributed by atoms with Crippen LogP contribution in [0.4, 0.5) is 0 Å². The Bertz CT molecular complexity index is 697. The van der Waals surface area contributed by atoms with E-state index in [1.807, 2.05) is 4.90 Å². The molecular weight excluding hydrogens is 314 g/mol. The van der Waals surface area contributed by atoms with E-state index in [0.29, 0.717) is 18.1 Å². The van der Waals surface area contributed by atoms with Gasteiger partial charge in [-0.1, -0.05) is 5.16 Å². The summed E-state index contributed by atoms with van der Waals surface area (Å²) in [6.07, 6.45) is 3.16. The molecule has 9 nitrogen and oxygen atoms in total. The third-order valence-electron chi connectivity index (χ3n) is 3.88. The Morgan fingerprint density at radius 2 is 2.33 bits per heavy atom. The van der Waals surface area contributed by atoms with Gasteiger partial charge in [-0.3, -0.25) is 14.5 Å². The fraction of sp³-hybridized carbons (Fsp3) is 0.467. The summed E-state index contributed by atoms with van der Waals surface area (Å²) in [5, 5.41) is 6.61. The van der Waals surface area contributed by atoms with Gasteiger partial charge in [-0.05, 0) is 31.5 Å². The van der Waals surface area contributed by atoms with Gasteiger partial charge < -0.3 is 20.0 Å². The van der Waals surface area contributed by atoms with Gasteiger partial charge >= 0.3 is 0 Å². The maximum Gasteiger partial charge on any atom is 0.293 e. The summed E-state index contributed by atoms with van der Waals surface area (Å²) in [4.78, 5) is 29.3. The minimum Gasteiger partial charge on any atom is -0.459 e. The van der Waals surface area contributed by atoms with E-state index < -0.39 is 0 Å². The Hall–Kier alpha value is -2.68. The van der Waals surface area contributed by atoms with Gasteiger partial charge in [-0.25, -0.2) is 0 Å². The molecule has 1 fully saturated rings. The second kappa shape index (κ2) is 7.26. The maximum atomic E-state index is 12.3. The standard InChI is InChI=1S/C15H19N5O4/c16-12(21)9-20-5-1-3-10(8-20)14(22)17-7-13-18-15(24-19-13)11-4-2-6-23-11/h2,4,6,10H,1,3,5,7-9H2,(H2,16,21)(H,17,22). The molecule has 0 aliphatic carbocycles. The zero-order valence-electron chi connectivity index (χ0n) is 13.1. The number of primary amides is 1. The predicted molar refractivity (Wildman–Crippen MR) is 82.2 cm³/mol. The van der Waals surface area contributed by atoms with Crippen LogP contribution in [0.2, 0.25) is 0 Å². The van der Waals surface area contributed by atoms with Gasteiger partial charge in [0.2, 0.25) is 11.8 Å². The Labute approximate surface area is 138 Å². The lowest BCUT2D eigenvalue weighted by molar-refractivity contribution is -0.128. The SMILES string of the molecule is NC(=O)CN1CCCC(C(=O)NCc2noc(-c3ccco3)n2)C1. The van der Waals surface area contributed by atoms with Gasteiger partial charge in [-0.2, -0.15) is 4.98 Å². The van der Waals surface area contributed by atoms with Gasteiger partial charge in [0.25, 0.3) is 5.89 Å². The summed E-state index contributed by atoms with van der Waals surface area (Å²) in [6, 6.07) is 3.44. The number of amides is 2. The van der Waals surface area contributed by atoms with Crippen molar-refractivity contribution in [2.75, 3.05) is 19.6 Å². The van der Waals surface area contributed by atoms with Crippen molar-refractivity contribution in [3.8, 4) is 11.7 Å². The fourth-order valence-electron chi connectivity index (χ4n) is 2.77. The molecule has 1 unspecified atom stereocenters. The molecule has 1 atom stereocenters. The van der Waals surface area contributed by atoms with Gasteiger partial charge in [0.1, 0.15) is 0 Å². The molecular formula is C15H19N5O4. The maximum absolute atomic E-state index is 12.3. The highest BCUT2D eigenvalue weighted by molar-refractivity contribution is 5.79. The number of aromatic nitrogens is 2. The van der Waals surface area contributed by atoms with Crippen molar-refractivity contribution in [1.82, 2.24) is 20.4 Å². The molecule has 0 spiro atoms. The van der Waals surface area contributed by atoms with Gasteiger partial charge in [0.15, 0.2) is 11.6 Å². The number of carbonyl (C=O) groups is 2. The average molecular weight is 333 g/mol. The number of carbonyl (C=O) groups excluding carboxylic acids is 2. The number of hydrogen-bond donors (Lipinski definition) is 2. The molecule has 0 aromatic carbocycles. The van der Waals surface area contributed by atoms with E-state index in [4.69, 9.17) is 14.7 Å². The first kappa shape index (κ1) is 16.2. The smallest absolute Gasteiger partial charge is 0.293 e. The molecule has 9 heteroatoms. The predicted octanol–water partition coefficient (Wildman–Crippen LogP) is 0.143. The van der Waals surface area contributed by atoms with Crippen molar-refractivity contribution in [2.24, 2.45) is 11.7 Å². The minimum absolute atomic E-state index is 0.0893. The monoisotopic (exact) mass is 333 g/mol. The van der Waals surface area contributed by atoms with Crippen LogP contribution in [0.3, 0.4) is 0 Å². The number of nitrogens with two attached hydrogens (primary N) is 1. The molecule has 1 aliphatic heterocycles. The summed E-state index contributed by atoms with van der Waals surface area (Å²) >= 11 is 0. The molecule has 2 aromatic heterocycles. The van der Waals surface area contributed by atoms with Crippen LogP contribution in [0.5, 0.6) is 0 Å². The van der Waals surface area contributed by atoms with Crippen LogP contribution in [0.15, 0.2) is 27.3 Å². The highest BCUT2D eigenvalue weighted by Gasteiger charge is 2.26. The van der Waals surface area contributed by atoms with Gasteiger partial charge in [0, 0.05) is 6.54 Å². The molecule has 1 saturated heterocycles. The largest absolute Gasteiger partial charge is 0.459 e. The Morgan fingerprint density at radius 1 is 1.46 bits per heavy atom. The number of piperidine rings is 1. The Morgan fingerprint density at radius 3 is 3.08 bits per heavy atom. The second-order valence-corrected chi connectivity index (χ2v) is 5.75. The normalized spacial score (nSPS) is 18.4. The quantitative estimate of drug-likeness (QED) is 0.769. The second-order valence-electron chi connectivity index (χ2n) is 5.75. The zero-order chi connectivity index (χ0) is 16.9. The van der Waals surface area contributed by atoms with Crippen molar-refractivity contribution in [1.29, 1.82) is 0 Å². The zero-order valence-corrected chi connectivity index (χ0v) is 13.1. The Balaban J connectivity index is 1.51. The van der Waals surface area contributed by atoms with Gasteiger partial charge in [-0.15, -0.1) is 0 Å². The van der Waals surface area contributed by atoms with Gasteiger partial charge in [0.05, 0.1) is 25.3 Å². The fourth-order valence-corrected chi connectivity index (χ4v) is 2.77. The summed E-state index contributed by atoms with van der Waals surface area (Å²) in [7, 11) is 0. The molecule has 3 heterocycles. The molecule has 0 saturated carbocycles. The van der Waals surface area contributed by atoms with E-state index in [1.54, 1.807) is 12.1 Å². The molecule has 0 radical (unpaired) electrons. The van der Waals surface area contributed by atoms with E-state index in [2.05, 4.69) is 15.5 Å². The van der Waals surface area contributed by atoms with Crippen molar-refractivity contribution in [2.45, 2.75) is 19.4 Å². The molecule has 1 aliphatic rings. The highest BCUT2D eigenvalue weighted by Crippen LogP contribution is 2.18. The van der Waals surface area contributed by atoms with Crippen LogP contribution < -0.4 is 11.1 Å². The summed E-state index contributed by atoms with van der Waals surface area (Å²) < 4.78 is 10.3. The summed E-state index contributed by atoms with van der Waals surface area (Å²) in [6.45, 7) is 1.67. The average Bonchev–Trinajstić information content (AvgIpc) is 3.23. The van der Waals surface area contributed by atoms with E-state index in [9.17, 15) is 9.59 Å². The molecule has 24 heavy (non-hydrogen) atoms. The van der Waals surface area contributed by atoms with E-state index in [0.717, 1.165) is 19.4 Å². The molecule has 2 amide bonds. The minimum atomic E-state index is -0.381. The number of furan rings is 1.